The van der Waals surface area contributed by atoms with Crippen molar-refractivity contribution < 1.29 is 9.59 Å². The zero-order chi connectivity index (χ0) is 22.7. The molecule has 0 atom stereocenters. The molecule has 0 aliphatic heterocycles. The Kier molecular flexibility index (Phi) is 10.1. The molecule has 1 rings (SSSR count). The van der Waals surface area contributed by atoms with Crippen LogP contribution in [0.25, 0.3) is 0 Å². The molecule has 1 aromatic carbocycles. The van der Waals surface area contributed by atoms with Crippen molar-refractivity contribution in [1.29, 1.82) is 0 Å². The SMILES string of the molecule is CN(C)C(=O)CN=C(NCCCN(C)c1ccccc1)N(C)CC(=O)NC(C)(C)C. The molecule has 0 bridgehead atoms. The van der Waals surface area contributed by atoms with E-state index >= 15 is 0 Å². The fourth-order valence-electron chi connectivity index (χ4n) is 2.67. The van der Waals surface area contributed by atoms with Crippen molar-refractivity contribution in [1.82, 2.24) is 20.4 Å². The van der Waals surface area contributed by atoms with Crippen molar-refractivity contribution in [2.24, 2.45) is 4.99 Å². The number of hydrogen-bond donors (Lipinski definition) is 2. The van der Waals surface area contributed by atoms with Gasteiger partial charge in [-0.15, -0.1) is 0 Å². The van der Waals surface area contributed by atoms with Gasteiger partial charge < -0.3 is 25.3 Å². The molecule has 0 fully saturated rings. The van der Waals surface area contributed by atoms with Gasteiger partial charge in [-0.05, 0) is 39.3 Å². The van der Waals surface area contributed by atoms with E-state index in [9.17, 15) is 9.59 Å². The molecule has 0 spiro atoms. The summed E-state index contributed by atoms with van der Waals surface area (Å²) >= 11 is 0. The summed E-state index contributed by atoms with van der Waals surface area (Å²) < 4.78 is 0. The summed E-state index contributed by atoms with van der Waals surface area (Å²) in [5.41, 5.74) is 0.866. The monoisotopic (exact) mass is 418 g/mol. The summed E-state index contributed by atoms with van der Waals surface area (Å²) in [6, 6.07) is 10.2. The first-order valence-electron chi connectivity index (χ1n) is 10.3. The Morgan fingerprint density at radius 2 is 1.67 bits per heavy atom. The summed E-state index contributed by atoms with van der Waals surface area (Å²) in [6.07, 6.45) is 0.883. The molecule has 8 heteroatoms. The standard InChI is InChI=1S/C22H38N6O2/c1-22(2,3)25-19(29)17-28(7)21(24-16-20(30)26(4)5)23-14-11-15-27(6)18-12-9-8-10-13-18/h8-10,12-13H,11,14-17H2,1-7H3,(H,23,24)(H,25,29). The minimum atomic E-state index is -0.300. The molecule has 0 saturated heterocycles. The summed E-state index contributed by atoms with van der Waals surface area (Å²) in [6.45, 7) is 7.56. The average Bonchev–Trinajstić information content (AvgIpc) is 2.65. The van der Waals surface area contributed by atoms with Crippen LogP contribution >= 0.6 is 0 Å². The molecule has 0 saturated carbocycles. The minimum Gasteiger partial charge on any atom is -0.375 e. The molecule has 0 heterocycles. The second kappa shape index (κ2) is 12.0. The van der Waals surface area contributed by atoms with E-state index in [0.29, 0.717) is 12.5 Å². The van der Waals surface area contributed by atoms with Gasteiger partial charge in [0.15, 0.2) is 5.96 Å². The molecule has 0 unspecified atom stereocenters. The van der Waals surface area contributed by atoms with Gasteiger partial charge in [-0.3, -0.25) is 9.59 Å². The van der Waals surface area contributed by atoms with Crippen molar-refractivity contribution in [3.05, 3.63) is 30.3 Å². The van der Waals surface area contributed by atoms with Crippen LogP contribution in [0.3, 0.4) is 0 Å². The van der Waals surface area contributed by atoms with Crippen molar-refractivity contribution in [3.8, 4) is 0 Å². The molecule has 0 aromatic heterocycles. The van der Waals surface area contributed by atoms with Gasteiger partial charge in [0.2, 0.25) is 11.8 Å². The molecular weight excluding hydrogens is 380 g/mol. The second-order valence-electron chi connectivity index (χ2n) is 8.62. The zero-order valence-corrected chi connectivity index (χ0v) is 19.5. The lowest BCUT2D eigenvalue weighted by atomic mass is 10.1. The van der Waals surface area contributed by atoms with Crippen LogP contribution in [0.2, 0.25) is 0 Å². The first-order chi connectivity index (χ1) is 14.0. The second-order valence-corrected chi connectivity index (χ2v) is 8.62. The first-order valence-corrected chi connectivity index (χ1v) is 10.3. The van der Waals surface area contributed by atoms with Gasteiger partial charge in [0, 0.05) is 52.5 Å². The van der Waals surface area contributed by atoms with E-state index in [1.807, 2.05) is 39.0 Å². The normalized spacial score (nSPS) is 11.6. The Labute approximate surface area is 181 Å². The Hall–Kier alpha value is -2.77. The van der Waals surface area contributed by atoms with E-state index in [1.165, 1.54) is 10.6 Å². The number of amides is 2. The summed E-state index contributed by atoms with van der Waals surface area (Å²) in [4.78, 5) is 34.1. The number of guanidine groups is 1. The molecule has 30 heavy (non-hydrogen) atoms. The third kappa shape index (κ3) is 10.1. The maximum atomic E-state index is 12.3. The average molecular weight is 419 g/mol. The number of carbonyl (C=O) groups excluding carboxylic acids is 2. The Morgan fingerprint density at radius 3 is 2.23 bits per heavy atom. The summed E-state index contributed by atoms with van der Waals surface area (Å²) in [5.74, 6) is 0.351. The lowest BCUT2D eigenvalue weighted by Gasteiger charge is -2.26. The van der Waals surface area contributed by atoms with E-state index < -0.39 is 0 Å². The number of carbonyl (C=O) groups is 2. The molecule has 168 valence electrons. The smallest absolute Gasteiger partial charge is 0.243 e. The van der Waals surface area contributed by atoms with Crippen molar-refractivity contribution in [2.75, 3.05) is 59.3 Å². The van der Waals surface area contributed by atoms with Crippen molar-refractivity contribution in [3.63, 3.8) is 0 Å². The fourth-order valence-corrected chi connectivity index (χ4v) is 2.67. The van der Waals surface area contributed by atoms with Gasteiger partial charge in [-0.25, -0.2) is 4.99 Å². The van der Waals surface area contributed by atoms with E-state index in [4.69, 9.17) is 0 Å². The number of aliphatic imine (C=N–C) groups is 1. The van der Waals surface area contributed by atoms with Crippen LogP contribution in [0, 0.1) is 0 Å². The van der Waals surface area contributed by atoms with Crippen LogP contribution in [0.15, 0.2) is 35.3 Å². The molecule has 2 amide bonds. The number of anilines is 1. The molecule has 0 aliphatic carbocycles. The number of benzene rings is 1. The number of nitrogens with zero attached hydrogens (tertiary/aromatic N) is 4. The van der Waals surface area contributed by atoms with E-state index in [0.717, 1.165) is 13.0 Å². The highest BCUT2D eigenvalue weighted by molar-refractivity contribution is 5.88. The molecule has 0 aliphatic rings. The van der Waals surface area contributed by atoms with Crippen molar-refractivity contribution in [2.45, 2.75) is 32.7 Å². The number of nitrogens with one attached hydrogen (secondary N) is 2. The maximum absolute atomic E-state index is 12.3. The van der Waals surface area contributed by atoms with E-state index in [-0.39, 0.29) is 30.4 Å². The third-order valence-electron chi connectivity index (χ3n) is 4.27. The largest absolute Gasteiger partial charge is 0.375 e. The fraction of sp³-hybridized carbons (Fsp3) is 0.591. The van der Waals surface area contributed by atoms with Crippen molar-refractivity contribution >= 4 is 23.5 Å². The minimum absolute atomic E-state index is 0.0322. The molecule has 2 N–H and O–H groups in total. The van der Waals surface area contributed by atoms with Crippen LogP contribution < -0.4 is 15.5 Å². The maximum Gasteiger partial charge on any atom is 0.243 e. The lowest BCUT2D eigenvalue weighted by molar-refractivity contribution is -0.127. The van der Waals surface area contributed by atoms with Gasteiger partial charge >= 0.3 is 0 Å². The predicted molar refractivity (Wildman–Crippen MR) is 124 cm³/mol. The molecule has 8 nitrogen and oxygen atoms in total. The summed E-state index contributed by atoms with van der Waals surface area (Å²) in [7, 11) is 7.25. The van der Waals surface area contributed by atoms with Crippen LogP contribution in [-0.2, 0) is 9.59 Å². The number of hydrogen-bond acceptors (Lipinski definition) is 4. The van der Waals surface area contributed by atoms with Crippen LogP contribution in [-0.4, -0.2) is 87.5 Å². The van der Waals surface area contributed by atoms with Crippen LogP contribution in [0.5, 0.6) is 0 Å². The molecular formula is C22H38N6O2. The van der Waals surface area contributed by atoms with E-state index in [2.05, 4.69) is 39.7 Å². The number of para-hydroxylation sites is 1. The van der Waals surface area contributed by atoms with Gasteiger partial charge in [-0.2, -0.15) is 0 Å². The topological polar surface area (TPSA) is 80.3 Å². The highest BCUT2D eigenvalue weighted by Gasteiger charge is 2.17. The Morgan fingerprint density at radius 1 is 1.03 bits per heavy atom. The number of rotatable bonds is 9. The highest BCUT2D eigenvalue weighted by atomic mass is 16.2. The Balaban J connectivity index is 2.65. The summed E-state index contributed by atoms with van der Waals surface area (Å²) in [5, 5.41) is 6.23. The van der Waals surface area contributed by atoms with Gasteiger partial charge in [0.25, 0.3) is 0 Å². The van der Waals surface area contributed by atoms with Crippen LogP contribution in [0.1, 0.15) is 27.2 Å². The quantitative estimate of drug-likeness (QED) is 0.360. The molecule has 1 aromatic rings. The zero-order valence-electron chi connectivity index (χ0n) is 19.5. The first kappa shape index (κ1) is 25.3. The number of likely N-dealkylation sites (N-methyl/N-ethyl adjacent to an activating group) is 2. The highest BCUT2D eigenvalue weighted by Crippen LogP contribution is 2.10. The van der Waals surface area contributed by atoms with Gasteiger partial charge in [0.1, 0.15) is 6.54 Å². The van der Waals surface area contributed by atoms with Crippen LogP contribution in [0.4, 0.5) is 5.69 Å². The predicted octanol–water partition coefficient (Wildman–Crippen LogP) is 1.39. The third-order valence-corrected chi connectivity index (χ3v) is 4.27. The van der Waals surface area contributed by atoms with Gasteiger partial charge in [0.05, 0.1) is 6.54 Å². The molecule has 0 radical (unpaired) electrons. The van der Waals surface area contributed by atoms with Gasteiger partial charge in [-0.1, -0.05) is 18.2 Å². The lowest BCUT2D eigenvalue weighted by Crippen LogP contribution is -2.49. The van der Waals surface area contributed by atoms with E-state index in [1.54, 1.807) is 26.0 Å². The Bertz CT molecular complexity index is 697.